The number of carbonyl (C=O) groups is 1. The zero-order valence-electron chi connectivity index (χ0n) is 18.6. The van der Waals surface area contributed by atoms with Gasteiger partial charge in [-0.25, -0.2) is 18.4 Å². The third-order valence-electron chi connectivity index (χ3n) is 5.08. The first-order valence-electron chi connectivity index (χ1n) is 10.2. The number of rotatable bonds is 4. The molecular weight excluding hydrogens is 446 g/mol. The van der Waals surface area contributed by atoms with E-state index >= 15 is 0 Å². The van der Waals surface area contributed by atoms with E-state index in [1.54, 1.807) is 32.0 Å². The van der Waals surface area contributed by atoms with Crippen molar-refractivity contribution in [1.82, 2.24) is 20.6 Å². The number of ether oxygens (including phenoxy) is 2. The van der Waals surface area contributed by atoms with Gasteiger partial charge in [0.1, 0.15) is 5.69 Å². The van der Waals surface area contributed by atoms with Gasteiger partial charge in [-0.2, -0.15) is 0 Å². The minimum absolute atomic E-state index is 0.0465. The Morgan fingerprint density at radius 2 is 2.09 bits per heavy atom. The zero-order chi connectivity index (χ0) is 23.9. The molecule has 1 aromatic carbocycles. The second kappa shape index (κ2) is 10.7. The topological polar surface area (TPSA) is 132 Å². The number of hydrogen-bond acceptors (Lipinski definition) is 9. The van der Waals surface area contributed by atoms with Gasteiger partial charge >= 0.3 is 0 Å². The summed E-state index contributed by atoms with van der Waals surface area (Å²) in [7, 11) is -3.52. The van der Waals surface area contributed by atoms with Crippen LogP contribution in [0.4, 0.5) is 5.69 Å². The molecule has 0 saturated carbocycles. The number of terminal acetylenes is 1. The second-order valence-corrected chi connectivity index (χ2v) is 10.7. The molecule has 3 N–H and O–H groups in total. The summed E-state index contributed by atoms with van der Waals surface area (Å²) in [6.45, 7) is 4.71. The molecule has 1 aromatic heterocycles. The number of nitrogens with one attached hydrogen (secondary N) is 3. The maximum Gasteiger partial charge on any atom is 0.275 e. The Balaban J connectivity index is 1.82. The van der Waals surface area contributed by atoms with Crippen LogP contribution in [0.25, 0.3) is 0 Å². The summed E-state index contributed by atoms with van der Waals surface area (Å²) >= 11 is 0. The molecule has 0 aliphatic carbocycles. The summed E-state index contributed by atoms with van der Waals surface area (Å²) in [6.07, 6.45) is 7.71. The first kappa shape index (κ1) is 24.6. The Bertz CT molecular complexity index is 1130. The molecule has 2 heterocycles. The smallest absolute Gasteiger partial charge is 0.275 e. The highest BCUT2D eigenvalue weighted by Crippen LogP contribution is 2.26. The predicted molar refractivity (Wildman–Crippen MR) is 123 cm³/mol. The number of sulfone groups is 1. The molecule has 0 atom stereocenters. The minimum Gasteiger partial charge on any atom is -0.463 e. The van der Waals surface area contributed by atoms with Gasteiger partial charge in [0.25, 0.3) is 5.91 Å². The minimum atomic E-state index is -3.52. The molecule has 3 rings (SSSR count). The maximum atomic E-state index is 13.1. The largest absolute Gasteiger partial charge is 0.463 e. The third kappa shape index (κ3) is 6.49. The average Bonchev–Trinajstić information content (AvgIpc) is 2.77. The molecule has 1 aliphatic rings. The van der Waals surface area contributed by atoms with Gasteiger partial charge in [0.05, 0.1) is 36.2 Å². The third-order valence-corrected chi connectivity index (χ3v) is 7.60. The molecule has 1 amide bonds. The van der Waals surface area contributed by atoms with Gasteiger partial charge in [-0.05, 0) is 37.1 Å². The van der Waals surface area contributed by atoms with Crippen LogP contribution < -0.4 is 20.7 Å². The summed E-state index contributed by atoms with van der Waals surface area (Å²) in [6, 6.07) is 5.09. The van der Waals surface area contributed by atoms with Gasteiger partial charge in [0.15, 0.2) is 16.4 Å². The van der Waals surface area contributed by atoms with E-state index in [-0.39, 0.29) is 37.1 Å². The van der Waals surface area contributed by atoms with Crippen molar-refractivity contribution in [1.29, 1.82) is 0 Å². The van der Waals surface area contributed by atoms with Gasteiger partial charge in [0, 0.05) is 18.9 Å². The van der Waals surface area contributed by atoms with E-state index in [2.05, 4.69) is 31.8 Å². The quantitative estimate of drug-likeness (QED) is 0.558. The highest BCUT2D eigenvalue weighted by molar-refractivity contribution is 7.92. The van der Waals surface area contributed by atoms with E-state index in [1.165, 1.54) is 12.4 Å². The molecule has 0 radical (unpaired) electrons. The Kier molecular flexibility index (Phi) is 7.99. The van der Waals surface area contributed by atoms with E-state index in [1.807, 2.05) is 0 Å². The zero-order valence-corrected chi connectivity index (χ0v) is 19.4. The molecule has 1 aliphatic heterocycles. The molecule has 11 heteroatoms. The van der Waals surface area contributed by atoms with E-state index in [4.69, 9.17) is 15.9 Å². The summed E-state index contributed by atoms with van der Waals surface area (Å²) < 4.78 is 36.0. The van der Waals surface area contributed by atoms with Crippen molar-refractivity contribution in [3.05, 3.63) is 47.4 Å². The summed E-state index contributed by atoms with van der Waals surface area (Å²) in [5, 5.41) is 8.87. The molecule has 176 valence electrons. The second-order valence-electron chi connectivity index (χ2n) is 8.04. The first-order valence-corrected chi connectivity index (χ1v) is 11.9. The average molecular weight is 474 g/mol. The SMILES string of the molecule is C#CCOc1cnc(C(=O)Nc2ccc3c(c2)CS(=O)(=O)C(C)(C)CNCNCOC3)cn1. The van der Waals surface area contributed by atoms with Crippen LogP contribution in [0.15, 0.2) is 30.6 Å². The van der Waals surface area contributed by atoms with Gasteiger partial charge in [-0.3, -0.25) is 10.1 Å². The van der Waals surface area contributed by atoms with Gasteiger partial charge in [0.2, 0.25) is 5.88 Å². The number of fused-ring (bicyclic) bond motifs is 1. The first-order chi connectivity index (χ1) is 15.7. The van der Waals surface area contributed by atoms with Crippen LogP contribution >= 0.6 is 0 Å². The lowest BCUT2D eigenvalue weighted by Crippen LogP contribution is -2.45. The molecule has 0 unspecified atom stereocenters. The Hall–Kier alpha value is -3.04. The Morgan fingerprint density at radius 3 is 2.82 bits per heavy atom. The molecule has 0 fully saturated rings. The fraction of sp³-hybridized carbons (Fsp3) is 0.409. The van der Waals surface area contributed by atoms with E-state index < -0.39 is 20.5 Å². The summed E-state index contributed by atoms with van der Waals surface area (Å²) in [5.41, 5.74) is 1.80. The van der Waals surface area contributed by atoms with Crippen molar-refractivity contribution in [3.8, 4) is 18.2 Å². The van der Waals surface area contributed by atoms with Gasteiger partial charge in [-0.15, -0.1) is 6.42 Å². The molecular formula is C22H27N5O5S. The molecule has 2 aromatic rings. The van der Waals surface area contributed by atoms with E-state index in [0.29, 0.717) is 24.7 Å². The molecule has 33 heavy (non-hydrogen) atoms. The lowest BCUT2D eigenvalue weighted by Gasteiger charge is -2.27. The fourth-order valence-corrected chi connectivity index (χ4v) is 4.43. The fourth-order valence-electron chi connectivity index (χ4n) is 3.04. The maximum absolute atomic E-state index is 13.1. The number of anilines is 1. The van der Waals surface area contributed by atoms with Crippen LogP contribution in [0.3, 0.4) is 0 Å². The Morgan fingerprint density at radius 1 is 1.27 bits per heavy atom. The van der Waals surface area contributed by atoms with Crippen molar-refractivity contribution in [2.24, 2.45) is 0 Å². The lowest BCUT2D eigenvalue weighted by molar-refractivity contribution is 0.101. The number of hydrogen-bond donors (Lipinski definition) is 3. The summed E-state index contributed by atoms with van der Waals surface area (Å²) in [4.78, 5) is 20.6. The van der Waals surface area contributed by atoms with Crippen molar-refractivity contribution < 1.29 is 22.7 Å². The molecule has 0 bridgehead atoms. The molecule has 10 nitrogen and oxygen atoms in total. The van der Waals surface area contributed by atoms with Crippen LogP contribution in [-0.4, -0.2) is 55.6 Å². The summed E-state index contributed by atoms with van der Waals surface area (Å²) in [5.74, 6) is 1.85. The monoisotopic (exact) mass is 473 g/mol. The lowest BCUT2D eigenvalue weighted by atomic mass is 10.1. The highest BCUT2D eigenvalue weighted by atomic mass is 32.2. The molecule has 0 spiro atoms. The predicted octanol–water partition coefficient (Wildman–Crippen LogP) is 1.06. The number of benzene rings is 1. The van der Waals surface area contributed by atoms with Crippen LogP contribution in [0.2, 0.25) is 0 Å². The number of aromatic nitrogens is 2. The molecule has 0 saturated heterocycles. The Labute approximate surface area is 193 Å². The number of nitrogens with zero attached hydrogens (tertiary/aromatic N) is 2. The number of amides is 1. The van der Waals surface area contributed by atoms with Gasteiger partial charge in [-0.1, -0.05) is 12.0 Å². The van der Waals surface area contributed by atoms with Crippen LogP contribution in [0.1, 0.15) is 35.5 Å². The van der Waals surface area contributed by atoms with Crippen molar-refractivity contribution in [2.45, 2.75) is 31.0 Å². The van der Waals surface area contributed by atoms with E-state index in [0.717, 1.165) is 5.56 Å². The number of carbonyl (C=O) groups excluding carboxylic acids is 1. The van der Waals surface area contributed by atoms with Crippen LogP contribution in [-0.2, 0) is 26.9 Å². The van der Waals surface area contributed by atoms with Gasteiger partial charge < -0.3 is 20.1 Å². The normalized spacial score (nSPS) is 18.0. The highest BCUT2D eigenvalue weighted by Gasteiger charge is 2.34. The van der Waals surface area contributed by atoms with Crippen LogP contribution in [0, 0.1) is 12.3 Å². The van der Waals surface area contributed by atoms with E-state index in [9.17, 15) is 13.2 Å². The van der Waals surface area contributed by atoms with Crippen molar-refractivity contribution in [2.75, 3.05) is 31.9 Å². The van der Waals surface area contributed by atoms with Crippen LogP contribution in [0.5, 0.6) is 5.88 Å². The van der Waals surface area contributed by atoms with Crippen molar-refractivity contribution in [3.63, 3.8) is 0 Å². The van der Waals surface area contributed by atoms with Crippen molar-refractivity contribution >= 4 is 21.4 Å². The standard InChI is InChI=1S/C22H27N5O5S/c1-4-7-32-20-10-25-19(9-26-20)21(28)27-18-6-5-16-11-31-15-24-14-23-13-22(2,3)33(29,30)12-17(16)8-18/h1,5-6,8-10,23-24H,7,11-15H2,2-3H3,(H,27,28).